The first-order valence-corrected chi connectivity index (χ1v) is 41.3. The van der Waals surface area contributed by atoms with Crippen molar-refractivity contribution >= 4 is 137 Å². The Labute approximate surface area is 717 Å². The summed E-state index contributed by atoms with van der Waals surface area (Å²) in [6, 6.07) is -25.3. The minimum atomic E-state index is -2.01. The molecule has 1 heterocycles. The maximum atomic E-state index is 14.9. The van der Waals surface area contributed by atoms with Gasteiger partial charge in [-0.25, -0.2) is 4.79 Å². The Hall–Kier alpha value is -10.9. The summed E-state index contributed by atoms with van der Waals surface area (Å²) in [5.41, 5.74) is 11.0. The van der Waals surface area contributed by atoms with Crippen LogP contribution in [0.4, 0.5) is 0 Å². The molecule has 0 radical (unpaired) electrons. The van der Waals surface area contributed by atoms with E-state index in [1.54, 1.807) is 41.5 Å². The number of aliphatic hydroxyl groups excluding tert-OH is 2. The van der Waals surface area contributed by atoms with Gasteiger partial charge in [-0.05, 0) is 135 Å². The number of carbonyl (C=O) groups excluding carboxylic acids is 16. The minimum absolute atomic E-state index is 0.00980. The molecule has 696 valence electrons. The van der Waals surface area contributed by atoms with Crippen LogP contribution in [0.1, 0.15) is 193 Å². The van der Waals surface area contributed by atoms with Crippen LogP contribution in [-0.4, -0.2) is 299 Å². The first-order valence-electron chi connectivity index (χ1n) is 40.7. The van der Waals surface area contributed by atoms with Crippen molar-refractivity contribution in [2.75, 3.05) is 25.4 Å². The number of hydrogen-bond donors (Lipinski definition) is 25. The lowest BCUT2D eigenvalue weighted by Gasteiger charge is -2.34. The molecule has 0 unspecified atom stereocenters. The fraction of sp³-hybridized carbons (Fsp3) is 0.724. The van der Waals surface area contributed by atoms with Gasteiger partial charge in [-0.2, -0.15) is 12.6 Å². The molecule has 123 heavy (non-hydrogen) atoms. The van der Waals surface area contributed by atoms with Crippen LogP contribution < -0.4 is 91.2 Å². The van der Waals surface area contributed by atoms with E-state index in [0.717, 1.165) is 13.8 Å². The Bertz CT molecular complexity index is 3680. The van der Waals surface area contributed by atoms with Crippen molar-refractivity contribution in [2.24, 2.45) is 35.1 Å². The molecule has 1 fully saturated rings. The second kappa shape index (κ2) is 55.2. The third-order valence-corrected chi connectivity index (χ3v) is 20.0. The number of likely N-dealkylation sites (tertiary alicyclic amines) is 1. The number of nitrogens with one attached hydrogen (secondary N) is 15. The van der Waals surface area contributed by atoms with Gasteiger partial charge in [0, 0.05) is 38.0 Å². The number of nitrogens with two attached hydrogens (primary N) is 2. The van der Waals surface area contributed by atoms with E-state index in [1.165, 1.54) is 39.5 Å². The van der Waals surface area contributed by atoms with Crippen molar-refractivity contribution in [2.45, 2.75) is 302 Å². The number of nitrogens with zero attached hydrogens (tertiary/aromatic N) is 1. The van der Waals surface area contributed by atoms with Crippen LogP contribution in [0, 0.1) is 23.7 Å². The normalized spacial score (nSPS) is 16.9. The highest BCUT2D eigenvalue weighted by atomic mass is 32.1. The molecule has 1 aliphatic rings. The minimum Gasteiger partial charge on any atom is -0.481 e. The van der Waals surface area contributed by atoms with Gasteiger partial charge in [0.1, 0.15) is 96.7 Å². The number of rotatable bonds is 58. The number of thiol groups is 1. The standard InChI is InChI=1S/C76H128N18O28S/c1-14-37(8)58(92-72(117)57(36(6)7)91-68(113)47(23-27-56(104)105)83-62(107)39(10)81-69(114)48(30-34(2)3)87-63(108)40(11)79-64(109)43(18-15-16-28-77)85-73(118)59(41(12)95)90-52(97)32-78)75(120)94-29-17-19-51(94)71(116)88-49(31-35(4)5)70(115)93-60(42(13)96)74(119)86-46(22-26-55(102)103)66(111)84-44(20-24-53(98)99)65(110)80-38(9)61(106)82-45(21-25-54(100)101)67(112)89-50(33-123)76(121)122/h34-51,57-60,95-96,123H,14-33,77-78H2,1-13H3,(H,79,109)(H,80,110)(H,81,114)(H,82,106)(H,83,107)(H,84,111)(H,85,118)(H,86,119)(H,87,108)(H,88,116)(H,89,112)(H,90,97)(H,91,113)(H,92,117)(H,93,115)(H,98,99)(H,100,101)(H,102,103)(H,104,105)(H,121,122)/t37-,38-,39-,40-,41+,42+,43-,44-,45-,46-,47-,48-,49-,50-,51-,57-,58-,59-,60-/m0/s1. The maximum Gasteiger partial charge on any atom is 0.327 e. The zero-order valence-corrected chi connectivity index (χ0v) is 72.5. The van der Waals surface area contributed by atoms with Gasteiger partial charge in [0.25, 0.3) is 0 Å². The second-order valence-corrected chi connectivity index (χ2v) is 31.8. The second-order valence-electron chi connectivity index (χ2n) is 31.5. The zero-order chi connectivity index (χ0) is 94.2. The average molecular weight is 1770 g/mol. The van der Waals surface area contributed by atoms with Gasteiger partial charge >= 0.3 is 29.8 Å². The van der Waals surface area contributed by atoms with E-state index in [4.69, 9.17) is 11.5 Å². The highest BCUT2D eigenvalue weighted by Gasteiger charge is 2.44. The summed E-state index contributed by atoms with van der Waals surface area (Å²) in [6.07, 6.45) is -7.87. The number of aliphatic carboxylic acids is 5. The smallest absolute Gasteiger partial charge is 0.327 e. The third kappa shape index (κ3) is 39.9. The average Bonchev–Trinajstić information content (AvgIpc) is 1.67. The Morgan fingerprint density at radius 2 is 0.691 bits per heavy atom. The van der Waals surface area contributed by atoms with Crippen molar-refractivity contribution in [1.29, 1.82) is 0 Å². The Balaban J connectivity index is 3.52. The first kappa shape index (κ1) is 110. The van der Waals surface area contributed by atoms with Gasteiger partial charge in [-0.3, -0.25) is 95.9 Å². The summed E-state index contributed by atoms with van der Waals surface area (Å²) in [5, 5.41) is 105. The van der Waals surface area contributed by atoms with E-state index in [-0.39, 0.29) is 57.5 Å². The molecule has 46 nitrogen and oxygen atoms in total. The van der Waals surface area contributed by atoms with Gasteiger partial charge in [-0.1, -0.05) is 61.8 Å². The predicted molar refractivity (Wildman–Crippen MR) is 438 cm³/mol. The quantitative estimate of drug-likeness (QED) is 0.0199. The Morgan fingerprint density at radius 3 is 1.05 bits per heavy atom. The van der Waals surface area contributed by atoms with Gasteiger partial charge in [0.05, 0.1) is 18.8 Å². The fourth-order valence-electron chi connectivity index (χ4n) is 12.4. The molecule has 0 bridgehead atoms. The van der Waals surface area contributed by atoms with Crippen molar-refractivity contribution in [3.8, 4) is 0 Å². The number of hydrogen-bond acceptors (Lipinski definition) is 26. The number of amides is 16. The van der Waals surface area contributed by atoms with E-state index in [1.807, 2.05) is 0 Å². The monoisotopic (exact) mass is 1770 g/mol. The molecule has 1 aliphatic heterocycles. The van der Waals surface area contributed by atoms with Crippen LogP contribution in [0.25, 0.3) is 0 Å². The van der Waals surface area contributed by atoms with Crippen LogP contribution in [0.3, 0.4) is 0 Å². The summed E-state index contributed by atoms with van der Waals surface area (Å²) in [7, 11) is 0. The fourth-order valence-corrected chi connectivity index (χ4v) is 12.6. The molecule has 47 heteroatoms. The van der Waals surface area contributed by atoms with Gasteiger partial charge < -0.3 is 132 Å². The molecule has 19 atom stereocenters. The van der Waals surface area contributed by atoms with Gasteiger partial charge in [0.2, 0.25) is 94.5 Å². The van der Waals surface area contributed by atoms with Gasteiger partial charge in [-0.15, -0.1) is 0 Å². The highest BCUT2D eigenvalue weighted by Crippen LogP contribution is 2.24. The SMILES string of the molecule is CC[C@H](C)[C@H](NC(=O)[C@@H](NC(=O)[C@H](CCC(=O)O)NC(=O)[C@H](C)NC(=O)[C@H](CC(C)C)NC(=O)[C@H](C)NC(=O)[C@H](CCCCN)NC(=O)[C@@H](NC(=O)CN)[C@@H](C)O)C(C)C)C(=O)N1CCC[C@H]1C(=O)N[C@@H](CC(C)C)C(=O)N[C@H](C(=O)N[C@@H](CCC(=O)O)C(=O)N[C@@H](CCC(=O)O)C(=O)N[C@@H](C)C(=O)N[C@@H](CCC(=O)O)C(=O)N[C@@H](CS)C(=O)O)[C@@H](C)O. The lowest BCUT2D eigenvalue weighted by Crippen LogP contribution is -2.62. The summed E-state index contributed by atoms with van der Waals surface area (Å²) in [5.74, 6) is -26.3. The van der Waals surface area contributed by atoms with E-state index < -0.39 is 315 Å². The van der Waals surface area contributed by atoms with Crippen molar-refractivity contribution in [1.82, 2.24) is 84.7 Å². The molecule has 26 N–H and O–H groups in total. The van der Waals surface area contributed by atoms with Crippen LogP contribution in [0.5, 0.6) is 0 Å². The predicted octanol–water partition coefficient (Wildman–Crippen LogP) is -6.57. The Morgan fingerprint density at radius 1 is 0.374 bits per heavy atom. The van der Waals surface area contributed by atoms with E-state index in [2.05, 4.69) is 92.4 Å². The third-order valence-electron chi connectivity index (χ3n) is 19.6. The van der Waals surface area contributed by atoms with Crippen LogP contribution >= 0.6 is 12.6 Å². The van der Waals surface area contributed by atoms with Crippen molar-refractivity contribution < 1.29 is 136 Å². The molecule has 1 saturated heterocycles. The number of carbonyl (C=O) groups is 21. The summed E-state index contributed by atoms with van der Waals surface area (Å²) >= 11 is 3.86. The molecule has 0 aromatic heterocycles. The number of unbranched alkanes of at least 4 members (excludes halogenated alkanes) is 1. The van der Waals surface area contributed by atoms with Crippen LogP contribution in [-0.2, 0) is 101 Å². The number of aliphatic hydroxyl groups is 2. The van der Waals surface area contributed by atoms with E-state index in [9.17, 15) is 136 Å². The highest BCUT2D eigenvalue weighted by molar-refractivity contribution is 7.80. The molecule has 0 saturated carbocycles. The molecule has 0 aromatic rings. The topological polar surface area (TPSA) is 736 Å². The Kier molecular flexibility index (Phi) is 49.4. The molecular weight excluding hydrogens is 1650 g/mol. The molecule has 1 rings (SSSR count). The molecule has 0 spiro atoms. The molecule has 16 amide bonds. The lowest BCUT2D eigenvalue weighted by molar-refractivity contribution is -0.144. The summed E-state index contributed by atoms with van der Waals surface area (Å²) in [6.45, 7) is 18.6. The molecular formula is C76H128N18O28S. The van der Waals surface area contributed by atoms with Gasteiger partial charge in [0.15, 0.2) is 0 Å². The molecule has 0 aliphatic carbocycles. The summed E-state index contributed by atoms with van der Waals surface area (Å²) < 4.78 is 0. The van der Waals surface area contributed by atoms with E-state index in [0.29, 0.717) is 12.8 Å². The summed E-state index contributed by atoms with van der Waals surface area (Å²) in [4.78, 5) is 281. The van der Waals surface area contributed by atoms with Crippen molar-refractivity contribution in [3.05, 3.63) is 0 Å². The first-order chi connectivity index (χ1) is 57.4. The van der Waals surface area contributed by atoms with E-state index >= 15 is 0 Å². The largest absolute Gasteiger partial charge is 0.481 e. The van der Waals surface area contributed by atoms with Crippen molar-refractivity contribution in [3.63, 3.8) is 0 Å². The maximum absolute atomic E-state index is 14.9. The lowest BCUT2D eigenvalue weighted by atomic mass is 9.95. The molecule has 0 aromatic carbocycles. The number of carboxylic acid groups (broad SMARTS) is 5. The van der Waals surface area contributed by atoms with Crippen LogP contribution in [0.15, 0.2) is 0 Å². The number of carboxylic acids is 5. The van der Waals surface area contributed by atoms with Crippen LogP contribution in [0.2, 0.25) is 0 Å². The zero-order valence-electron chi connectivity index (χ0n) is 71.6.